The van der Waals surface area contributed by atoms with Gasteiger partial charge >= 0.3 is 23.4 Å². The minimum absolute atomic E-state index is 0.0206. The van der Waals surface area contributed by atoms with E-state index in [1.54, 1.807) is 4.90 Å². The van der Waals surface area contributed by atoms with Crippen LogP contribution in [0.4, 0.5) is 8.68 Å². The molecule has 2 aliphatic rings. The van der Waals surface area contributed by atoms with Crippen molar-refractivity contribution in [3.8, 4) is 11.1 Å². The van der Waals surface area contributed by atoms with Crippen LogP contribution in [0.1, 0.15) is 22.6 Å². The summed E-state index contributed by atoms with van der Waals surface area (Å²) in [5, 5.41) is 18.9. The van der Waals surface area contributed by atoms with Crippen LogP contribution in [0, 0.1) is 0 Å². The molecule has 0 atom stereocenters. The predicted octanol–water partition coefficient (Wildman–Crippen LogP) is 2.09. The van der Waals surface area contributed by atoms with E-state index in [0.29, 0.717) is 31.7 Å². The number of fused-ring (bicyclic) bond motifs is 3. The van der Waals surface area contributed by atoms with E-state index >= 15 is 0 Å². The van der Waals surface area contributed by atoms with Gasteiger partial charge in [0, 0.05) is 38.6 Å². The molecule has 1 aliphatic heterocycles. The van der Waals surface area contributed by atoms with Crippen LogP contribution in [-0.4, -0.2) is 74.3 Å². The first-order chi connectivity index (χ1) is 17.7. The van der Waals surface area contributed by atoms with Gasteiger partial charge in [-0.1, -0.05) is 54.6 Å². The molecule has 192 valence electrons. The molecule has 1 fully saturated rings. The Balaban J connectivity index is 1.19. The Labute approximate surface area is 215 Å². The Morgan fingerprint density at radius 2 is 1.54 bits per heavy atom. The van der Waals surface area contributed by atoms with Crippen LogP contribution < -0.4 is 5.46 Å². The average molecular weight is 524 g/mol. The summed E-state index contributed by atoms with van der Waals surface area (Å²) in [5.41, 5.74) is 4.93. The van der Waals surface area contributed by atoms with E-state index in [1.807, 2.05) is 29.2 Å². The van der Waals surface area contributed by atoms with E-state index in [9.17, 15) is 27.1 Å². The summed E-state index contributed by atoms with van der Waals surface area (Å²) in [6.07, 6.45) is -0.391. The van der Waals surface area contributed by atoms with Crippen LogP contribution in [0.3, 0.4) is 0 Å². The van der Waals surface area contributed by atoms with Gasteiger partial charge in [0.15, 0.2) is 0 Å². The molecule has 1 aliphatic carbocycles. The van der Waals surface area contributed by atoms with E-state index in [0.717, 1.165) is 28.3 Å². The summed E-state index contributed by atoms with van der Waals surface area (Å²) in [5.74, 6) is -0.0206. The van der Waals surface area contributed by atoms with Crippen molar-refractivity contribution in [2.45, 2.75) is 17.4 Å². The van der Waals surface area contributed by atoms with Crippen molar-refractivity contribution in [3.63, 3.8) is 0 Å². The predicted molar refractivity (Wildman–Crippen MR) is 136 cm³/mol. The van der Waals surface area contributed by atoms with Crippen molar-refractivity contribution in [2.24, 2.45) is 0 Å². The lowest BCUT2D eigenvalue weighted by molar-refractivity contribution is 0.0728. The summed E-state index contributed by atoms with van der Waals surface area (Å²) >= 11 is 0. The molecule has 3 aromatic carbocycles. The van der Waals surface area contributed by atoms with Gasteiger partial charge in [-0.3, -0.25) is 4.90 Å². The number of amides is 1. The molecule has 0 spiro atoms. The third-order valence-corrected chi connectivity index (χ3v) is 7.74. The highest BCUT2D eigenvalue weighted by atomic mass is 32.3. The monoisotopic (exact) mass is 524 g/mol. The summed E-state index contributed by atoms with van der Waals surface area (Å²) in [4.78, 5) is 15.8. The second kappa shape index (κ2) is 10.3. The van der Waals surface area contributed by atoms with Crippen LogP contribution in [0.2, 0.25) is 0 Å². The van der Waals surface area contributed by atoms with E-state index in [1.165, 1.54) is 12.1 Å². The minimum Gasteiger partial charge on any atom is -0.448 e. The normalized spacial score (nSPS) is 15.8. The molecular formula is C26H26BFN2O6S. The smallest absolute Gasteiger partial charge is 0.448 e. The van der Waals surface area contributed by atoms with E-state index in [4.69, 9.17) is 4.74 Å². The first-order valence-electron chi connectivity index (χ1n) is 12.0. The van der Waals surface area contributed by atoms with Gasteiger partial charge in [-0.05, 0) is 45.4 Å². The fourth-order valence-corrected chi connectivity index (χ4v) is 5.67. The molecule has 0 unspecified atom stereocenters. The maximum atomic E-state index is 13.5. The standard InChI is InChI=1S/C26H26BFN2O6S/c28-37(34,35)20-14-18(13-19(15-20)27(32)33)16-29-9-11-30(12-10-29)26(31)36-17-25-23-7-3-1-5-21(23)22-6-2-4-8-24(22)25/h1-8,13-15,25,32-33H,9-12,16-17H2. The molecule has 37 heavy (non-hydrogen) atoms. The lowest BCUT2D eigenvalue weighted by atomic mass is 9.79. The Hall–Kier alpha value is -3.25. The molecule has 1 heterocycles. The van der Waals surface area contributed by atoms with Crippen LogP contribution in [-0.2, 0) is 21.5 Å². The van der Waals surface area contributed by atoms with Crippen molar-refractivity contribution in [1.82, 2.24) is 9.80 Å². The van der Waals surface area contributed by atoms with Gasteiger partial charge in [0.1, 0.15) is 6.61 Å². The van der Waals surface area contributed by atoms with Crippen LogP contribution in [0.15, 0.2) is 71.6 Å². The molecule has 0 saturated carbocycles. The highest BCUT2D eigenvalue weighted by Gasteiger charge is 2.30. The van der Waals surface area contributed by atoms with Gasteiger partial charge in [0.2, 0.25) is 0 Å². The van der Waals surface area contributed by atoms with Gasteiger partial charge in [-0.25, -0.2) is 4.79 Å². The molecule has 1 amide bonds. The number of hydrogen-bond acceptors (Lipinski definition) is 7. The highest BCUT2D eigenvalue weighted by molar-refractivity contribution is 7.86. The van der Waals surface area contributed by atoms with E-state index in [2.05, 4.69) is 24.3 Å². The van der Waals surface area contributed by atoms with Gasteiger partial charge in [-0.15, -0.1) is 3.89 Å². The maximum Gasteiger partial charge on any atom is 0.488 e. The number of rotatable bonds is 6. The van der Waals surface area contributed by atoms with Crippen LogP contribution in [0.5, 0.6) is 0 Å². The van der Waals surface area contributed by atoms with Gasteiger partial charge in [0.05, 0.1) is 4.90 Å². The van der Waals surface area contributed by atoms with Crippen molar-refractivity contribution in [1.29, 1.82) is 0 Å². The molecular weight excluding hydrogens is 498 g/mol. The number of ether oxygens (including phenoxy) is 1. The van der Waals surface area contributed by atoms with Crippen molar-refractivity contribution in [3.05, 3.63) is 83.4 Å². The molecule has 0 bridgehead atoms. The summed E-state index contributed by atoms with van der Waals surface area (Å²) in [6.45, 7) is 2.31. The van der Waals surface area contributed by atoms with E-state index in [-0.39, 0.29) is 24.5 Å². The average Bonchev–Trinajstić information content (AvgIpc) is 3.20. The SMILES string of the molecule is O=C(OCC1c2ccccc2-c2ccccc21)N1CCN(Cc2cc(B(O)O)cc(S(=O)(=O)F)c2)CC1. The fourth-order valence-electron chi connectivity index (χ4n) is 5.10. The summed E-state index contributed by atoms with van der Waals surface area (Å²) < 4.78 is 42.0. The van der Waals surface area contributed by atoms with Crippen molar-refractivity contribution >= 4 is 28.9 Å². The minimum atomic E-state index is -5.00. The third-order valence-electron chi connectivity index (χ3n) is 6.94. The fraction of sp³-hybridized carbons (Fsp3) is 0.269. The molecule has 1 saturated heterocycles. The van der Waals surface area contributed by atoms with Gasteiger partial charge in [0.25, 0.3) is 0 Å². The Kier molecular flexibility index (Phi) is 7.04. The number of nitrogens with zero attached hydrogens (tertiary/aromatic N) is 2. The molecule has 5 rings (SSSR count). The zero-order valence-electron chi connectivity index (χ0n) is 20.0. The molecule has 11 heteroatoms. The number of hydrogen-bond donors (Lipinski definition) is 2. The largest absolute Gasteiger partial charge is 0.488 e. The molecule has 3 aromatic rings. The van der Waals surface area contributed by atoms with Crippen LogP contribution in [0.25, 0.3) is 11.1 Å². The molecule has 8 nitrogen and oxygen atoms in total. The zero-order valence-corrected chi connectivity index (χ0v) is 20.8. The number of benzene rings is 3. The lowest BCUT2D eigenvalue weighted by Gasteiger charge is -2.34. The first-order valence-corrected chi connectivity index (χ1v) is 13.4. The molecule has 0 radical (unpaired) electrons. The number of carbonyl (C=O) groups is 1. The molecule has 2 N–H and O–H groups in total. The Morgan fingerprint density at radius 3 is 2.11 bits per heavy atom. The summed E-state index contributed by atoms with van der Waals surface area (Å²) in [6, 6.07) is 19.8. The van der Waals surface area contributed by atoms with E-state index < -0.39 is 28.3 Å². The second-order valence-electron chi connectivity index (χ2n) is 9.29. The Morgan fingerprint density at radius 1 is 0.946 bits per heavy atom. The Bertz CT molecular complexity index is 1380. The van der Waals surface area contributed by atoms with Crippen LogP contribution >= 0.6 is 0 Å². The van der Waals surface area contributed by atoms with Crippen molar-refractivity contribution < 1.29 is 31.9 Å². The third kappa shape index (κ3) is 5.40. The first kappa shape index (κ1) is 25.4. The number of piperazine rings is 1. The topological polar surface area (TPSA) is 107 Å². The quantitative estimate of drug-likeness (QED) is 0.376. The highest BCUT2D eigenvalue weighted by Crippen LogP contribution is 2.44. The van der Waals surface area contributed by atoms with Crippen molar-refractivity contribution in [2.75, 3.05) is 32.8 Å². The van der Waals surface area contributed by atoms with Gasteiger partial charge in [-0.2, -0.15) is 8.42 Å². The maximum absolute atomic E-state index is 13.5. The van der Waals surface area contributed by atoms with Gasteiger partial charge < -0.3 is 19.7 Å². The number of halogens is 1. The lowest BCUT2D eigenvalue weighted by Crippen LogP contribution is -2.48. The molecule has 0 aromatic heterocycles. The zero-order chi connectivity index (χ0) is 26.2. The second-order valence-corrected chi connectivity index (χ2v) is 10.6. The number of carbonyl (C=O) groups excluding carboxylic acids is 1. The summed E-state index contributed by atoms with van der Waals surface area (Å²) in [7, 11) is -6.93.